The Bertz CT molecular complexity index is 969. The van der Waals surface area contributed by atoms with Crippen molar-refractivity contribution in [3.8, 4) is 5.75 Å². The van der Waals surface area contributed by atoms with Crippen LogP contribution in [0.4, 0.5) is 4.39 Å². The van der Waals surface area contributed by atoms with Crippen LogP contribution in [0.2, 0.25) is 0 Å². The lowest BCUT2D eigenvalue weighted by Crippen LogP contribution is -2.48. The van der Waals surface area contributed by atoms with Crippen molar-refractivity contribution in [3.05, 3.63) is 59.4 Å². The summed E-state index contributed by atoms with van der Waals surface area (Å²) in [6.45, 7) is 6.32. The van der Waals surface area contributed by atoms with Crippen LogP contribution in [0.1, 0.15) is 29.8 Å². The van der Waals surface area contributed by atoms with Crippen molar-refractivity contribution >= 4 is 15.8 Å². The van der Waals surface area contributed by atoms with Crippen molar-refractivity contribution in [3.63, 3.8) is 0 Å². The number of Topliss-reactive ketones (excluding diaryl/α,β-unsaturated/α-hetero) is 1. The van der Waals surface area contributed by atoms with Crippen LogP contribution in [0.25, 0.3) is 0 Å². The van der Waals surface area contributed by atoms with Gasteiger partial charge in [-0.25, -0.2) is 12.8 Å². The van der Waals surface area contributed by atoms with Gasteiger partial charge in [0.25, 0.3) is 0 Å². The number of ketones is 1. The van der Waals surface area contributed by atoms with Gasteiger partial charge in [0.1, 0.15) is 11.6 Å². The highest BCUT2D eigenvalue weighted by Gasteiger charge is 2.28. The summed E-state index contributed by atoms with van der Waals surface area (Å²) in [5.74, 6) is 0.259. The third-order valence-corrected chi connectivity index (χ3v) is 6.86. The lowest BCUT2D eigenvalue weighted by atomic mass is 10.1. The topological polar surface area (TPSA) is 66.9 Å². The van der Waals surface area contributed by atoms with Crippen molar-refractivity contribution in [2.75, 3.05) is 32.8 Å². The standard InChI is InChI=1S/C21H25FN2O4S/c1-3-28-21-9-4-17(16(2)25)14-18(21)15-23-10-12-24(13-11-23)29(26,27)20-7-5-19(22)6-8-20/h4-9,14H,3,10-13,15H2,1-2H3. The number of benzene rings is 2. The molecule has 0 spiro atoms. The zero-order chi connectivity index (χ0) is 21.0. The molecule has 2 aromatic carbocycles. The van der Waals surface area contributed by atoms with Gasteiger partial charge >= 0.3 is 0 Å². The Morgan fingerprint density at radius 2 is 1.72 bits per heavy atom. The fraction of sp³-hybridized carbons (Fsp3) is 0.381. The number of halogens is 1. The summed E-state index contributed by atoms with van der Waals surface area (Å²) in [5.41, 5.74) is 1.54. The van der Waals surface area contributed by atoms with E-state index in [2.05, 4.69) is 4.90 Å². The molecule has 8 heteroatoms. The highest BCUT2D eigenvalue weighted by atomic mass is 32.2. The van der Waals surface area contributed by atoms with Crippen molar-refractivity contribution in [2.45, 2.75) is 25.3 Å². The second-order valence-electron chi connectivity index (χ2n) is 6.95. The predicted octanol–water partition coefficient (Wildman–Crippen LogP) is 2.93. The molecule has 0 amide bonds. The quantitative estimate of drug-likeness (QED) is 0.645. The Balaban J connectivity index is 1.69. The molecule has 1 aliphatic heterocycles. The van der Waals surface area contributed by atoms with Gasteiger partial charge < -0.3 is 4.74 Å². The Labute approximate surface area is 170 Å². The van der Waals surface area contributed by atoms with E-state index in [1.54, 1.807) is 6.07 Å². The van der Waals surface area contributed by atoms with E-state index in [9.17, 15) is 17.6 Å². The minimum Gasteiger partial charge on any atom is -0.494 e. The van der Waals surface area contributed by atoms with Gasteiger partial charge in [-0.05, 0) is 56.3 Å². The average molecular weight is 421 g/mol. The van der Waals surface area contributed by atoms with E-state index in [0.717, 1.165) is 23.4 Å². The molecular weight excluding hydrogens is 395 g/mol. The van der Waals surface area contributed by atoms with Crippen LogP contribution >= 0.6 is 0 Å². The number of nitrogens with zero attached hydrogens (tertiary/aromatic N) is 2. The maximum Gasteiger partial charge on any atom is 0.243 e. The molecule has 0 aromatic heterocycles. The summed E-state index contributed by atoms with van der Waals surface area (Å²) in [7, 11) is -3.64. The van der Waals surface area contributed by atoms with Crippen LogP contribution in [0, 0.1) is 5.82 Å². The minimum atomic E-state index is -3.64. The third kappa shape index (κ3) is 5.01. The van der Waals surface area contributed by atoms with Gasteiger partial charge in [0.15, 0.2) is 5.78 Å². The molecule has 156 valence electrons. The van der Waals surface area contributed by atoms with Crippen molar-refractivity contribution in [1.29, 1.82) is 0 Å². The van der Waals surface area contributed by atoms with Crippen LogP contribution in [0.3, 0.4) is 0 Å². The normalized spacial score (nSPS) is 16.0. The van der Waals surface area contributed by atoms with Gasteiger partial charge in [-0.15, -0.1) is 0 Å². The maximum absolute atomic E-state index is 13.1. The first-order chi connectivity index (χ1) is 13.8. The SMILES string of the molecule is CCOc1ccc(C(C)=O)cc1CN1CCN(S(=O)(=O)c2ccc(F)cc2)CC1. The molecule has 1 aliphatic rings. The Morgan fingerprint density at radius 3 is 2.31 bits per heavy atom. The van der Waals surface area contributed by atoms with Gasteiger partial charge in [0.05, 0.1) is 11.5 Å². The van der Waals surface area contributed by atoms with Crippen LogP contribution in [0.15, 0.2) is 47.4 Å². The monoisotopic (exact) mass is 420 g/mol. The van der Waals surface area contributed by atoms with Crippen molar-refractivity contribution in [2.24, 2.45) is 0 Å². The number of ether oxygens (including phenoxy) is 1. The Morgan fingerprint density at radius 1 is 1.07 bits per heavy atom. The lowest BCUT2D eigenvalue weighted by molar-refractivity contribution is 0.101. The van der Waals surface area contributed by atoms with Gasteiger partial charge in [0, 0.05) is 43.9 Å². The minimum absolute atomic E-state index is 0.00971. The number of piperazine rings is 1. The second kappa shape index (κ2) is 9.02. The summed E-state index contributed by atoms with van der Waals surface area (Å²) in [6.07, 6.45) is 0. The average Bonchev–Trinajstić information content (AvgIpc) is 2.70. The number of rotatable bonds is 7. The molecule has 1 saturated heterocycles. The zero-order valence-electron chi connectivity index (χ0n) is 16.6. The van der Waals surface area contributed by atoms with Crippen LogP contribution in [0.5, 0.6) is 5.75 Å². The first kappa shape index (κ1) is 21.4. The molecule has 0 radical (unpaired) electrons. The van der Waals surface area contributed by atoms with E-state index in [0.29, 0.717) is 44.9 Å². The highest BCUT2D eigenvalue weighted by molar-refractivity contribution is 7.89. The molecule has 0 unspecified atom stereocenters. The number of carbonyl (C=O) groups excluding carboxylic acids is 1. The summed E-state index contributed by atoms with van der Waals surface area (Å²) in [6, 6.07) is 10.3. The predicted molar refractivity (Wildman–Crippen MR) is 108 cm³/mol. The molecule has 0 N–H and O–H groups in total. The van der Waals surface area contributed by atoms with E-state index in [1.165, 1.54) is 23.4 Å². The van der Waals surface area contributed by atoms with Gasteiger partial charge in [0.2, 0.25) is 10.0 Å². The first-order valence-corrected chi connectivity index (χ1v) is 11.0. The van der Waals surface area contributed by atoms with Gasteiger partial charge in [-0.3, -0.25) is 9.69 Å². The summed E-state index contributed by atoms with van der Waals surface area (Å²) < 4.78 is 45.7. The maximum atomic E-state index is 13.1. The summed E-state index contributed by atoms with van der Waals surface area (Å²) in [5, 5.41) is 0. The molecule has 0 bridgehead atoms. The summed E-state index contributed by atoms with van der Waals surface area (Å²) >= 11 is 0. The Hall–Kier alpha value is -2.29. The number of hydrogen-bond donors (Lipinski definition) is 0. The van der Waals surface area contributed by atoms with Crippen LogP contribution in [-0.2, 0) is 16.6 Å². The van der Waals surface area contributed by atoms with E-state index in [-0.39, 0.29) is 10.7 Å². The highest BCUT2D eigenvalue weighted by Crippen LogP contribution is 2.24. The second-order valence-corrected chi connectivity index (χ2v) is 8.88. The molecule has 1 heterocycles. The van der Waals surface area contributed by atoms with Gasteiger partial charge in [-0.2, -0.15) is 4.31 Å². The molecule has 0 atom stereocenters. The smallest absolute Gasteiger partial charge is 0.243 e. The lowest BCUT2D eigenvalue weighted by Gasteiger charge is -2.34. The van der Waals surface area contributed by atoms with Gasteiger partial charge in [-0.1, -0.05) is 0 Å². The fourth-order valence-electron chi connectivity index (χ4n) is 3.34. The molecule has 29 heavy (non-hydrogen) atoms. The third-order valence-electron chi connectivity index (χ3n) is 4.94. The molecule has 1 fully saturated rings. The molecule has 6 nitrogen and oxygen atoms in total. The number of carbonyl (C=O) groups is 1. The van der Waals surface area contributed by atoms with E-state index < -0.39 is 15.8 Å². The number of hydrogen-bond acceptors (Lipinski definition) is 5. The molecule has 0 aliphatic carbocycles. The van der Waals surface area contributed by atoms with E-state index in [1.807, 2.05) is 19.1 Å². The largest absolute Gasteiger partial charge is 0.494 e. The van der Waals surface area contributed by atoms with Crippen LogP contribution in [-0.4, -0.2) is 56.2 Å². The summed E-state index contributed by atoms with van der Waals surface area (Å²) in [4.78, 5) is 14.0. The molecule has 0 saturated carbocycles. The molecular formula is C21H25FN2O4S. The van der Waals surface area contributed by atoms with E-state index >= 15 is 0 Å². The first-order valence-electron chi connectivity index (χ1n) is 9.56. The van der Waals surface area contributed by atoms with E-state index in [4.69, 9.17) is 4.74 Å². The molecule has 2 aromatic rings. The zero-order valence-corrected chi connectivity index (χ0v) is 17.4. The van der Waals surface area contributed by atoms with Crippen molar-refractivity contribution in [1.82, 2.24) is 9.21 Å². The van der Waals surface area contributed by atoms with Crippen molar-refractivity contribution < 1.29 is 22.3 Å². The Kier molecular flexibility index (Phi) is 6.66. The number of sulfonamides is 1. The molecule has 3 rings (SSSR count). The van der Waals surface area contributed by atoms with Crippen LogP contribution < -0.4 is 4.74 Å². The fourth-order valence-corrected chi connectivity index (χ4v) is 4.77.